The van der Waals surface area contributed by atoms with Crippen molar-refractivity contribution in [2.45, 2.75) is 23.8 Å². The lowest BCUT2D eigenvalue weighted by Gasteiger charge is -2.39. The molecule has 7 nitrogen and oxygen atoms in total. The summed E-state index contributed by atoms with van der Waals surface area (Å²) in [6, 6.07) is 35.1. The number of para-hydroxylation sites is 1. The predicted octanol–water partition coefficient (Wildman–Crippen LogP) is 5.14. The second kappa shape index (κ2) is 12.4. The molecule has 1 amide bonds. The van der Waals surface area contributed by atoms with E-state index in [0.717, 1.165) is 37.2 Å². The maximum Gasteiger partial charge on any atom is 0.264 e. The molecule has 1 fully saturated rings. The third kappa shape index (κ3) is 5.91. The fourth-order valence-corrected chi connectivity index (χ4v) is 7.48. The Morgan fingerprint density at radius 1 is 0.714 bits per heavy atom. The molecule has 0 aromatic heterocycles. The summed E-state index contributed by atoms with van der Waals surface area (Å²) in [5.41, 5.74) is 4.26. The van der Waals surface area contributed by atoms with E-state index in [1.807, 2.05) is 41.3 Å². The number of rotatable bonds is 8. The highest BCUT2D eigenvalue weighted by molar-refractivity contribution is 7.92. The lowest BCUT2D eigenvalue weighted by molar-refractivity contribution is -0.135. The number of ether oxygens (including phenoxy) is 1. The van der Waals surface area contributed by atoms with Gasteiger partial charge in [-0.25, -0.2) is 8.42 Å². The van der Waals surface area contributed by atoms with Crippen LogP contribution in [-0.4, -0.2) is 63.5 Å². The molecular weight excluding hydrogens is 546 g/mol. The minimum atomic E-state index is -3.70. The quantitative estimate of drug-likeness (QED) is 0.288. The Bertz CT molecular complexity index is 1560. The number of fused-ring (bicyclic) bond motifs is 1. The molecule has 4 aromatic rings. The Morgan fingerprint density at radius 2 is 1.31 bits per heavy atom. The van der Waals surface area contributed by atoms with Crippen molar-refractivity contribution in [1.82, 2.24) is 9.80 Å². The number of nitrogens with zero attached hydrogens (tertiary/aromatic N) is 3. The number of amides is 1. The molecule has 1 saturated heterocycles. The van der Waals surface area contributed by atoms with Gasteiger partial charge in [-0.15, -0.1) is 0 Å². The first-order valence-corrected chi connectivity index (χ1v) is 15.9. The summed E-state index contributed by atoms with van der Waals surface area (Å²) in [6.07, 6.45) is 1.66. The van der Waals surface area contributed by atoms with Crippen molar-refractivity contribution in [3.05, 3.63) is 126 Å². The van der Waals surface area contributed by atoms with E-state index < -0.39 is 10.0 Å². The first kappa shape index (κ1) is 28.0. The van der Waals surface area contributed by atoms with Gasteiger partial charge in [-0.2, -0.15) is 0 Å². The van der Waals surface area contributed by atoms with Crippen LogP contribution in [-0.2, 0) is 21.2 Å². The maximum absolute atomic E-state index is 13.4. The van der Waals surface area contributed by atoms with Crippen molar-refractivity contribution < 1.29 is 17.9 Å². The summed E-state index contributed by atoms with van der Waals surface area (Å²) in [5, 5.41) is 0. The minimum Gasteiger partial charge on any atom is -0.484 e. The van der Waals surface area contributed by atoms with Crippen molar-refractivity contribution in [3.63, 3.8) is 0 Å². The van der Waals surface area contributed by atoms with Crippen LogP contribution in [0.25, 0.3) is 0 Å². The molecule has 0 saturated carbocycles. The normalized spacial score (nSPS) is 15.8. The summed E-state index contributed by atoms with van der Waals surface area (Å²) in [7, 11) is -3.70. The molecule has 0 unspecified atom stereocenters. The second-order valence-corrected chi connectivity index (χ2v) is 12.6. The first-order chi connectivity index (χ1) is 20.5. The number of benzene rings is 4. The molecule has 0 bridgehead atoms. The summed E-state index contributed by atoms with van der Waals surface area (Å²) >= 11 is 0. The van der Waals surface area contributed by atoms with Crippen LogP contribution in [0.5, 0.6) is 5.75 Å². The molecule has 42 heavy (non-hydrogen) atoms. The van der Waals surface area contributed by atoms with Gasteiger partial charge in [0.15, 0.2) is 6.61 Å². The second-order valence-electron chi connectivity index (χ2n) is 10.7. The standard InChI is InChI=1S/C34H35N3O4S/c38-33(35-22-24-36(25-23-35)34(28-11-3-1-4-12-28)29-13-5-2-6-14-29)26-41-30-17-19-31(20-18-30)42(39,40)37-21-9-15-27-10-7-8-16-32(27)37/h1-8,10-14,16-20,34H,9,15,21-26H2. The SMILES string of the molecule is O=C(COc1ccc(S(=O)(=O)N2CCCc3ccccc32)cc1)N1CCN(C(c2ccccc2)c2ccccc2)CC1. The topological polar surface area (TPSA) is 70.2 Å². The Morgan fingerprint density at radius 3 is 1.95 bits per heavy atom. The van der Waals surface area contributed by atoms with E-state index in [1.54, 1.807) is 24.3 Å². The maximum atomic E-state index is 13.4. The molecule has 216 valence electrons. The highest BCUT2D eigenvalue weighted by atomic mass is 32.2. The molecule has 2 heterocycles. The van der Waals surface area contributed by atoms with E-state index in [4.69, 9.17) is 4.74 Å². The lowest BCUT2D eigenvalue weighted by Crippen LogP contribution is -2.51. The highest BCUT2D eigenvalue weighted by Gasteiger charge is 2.30. The number of aryl methyl sites for hydroxylation is 1. The van der Waals surface area contributed by atoms with Crippen LogP contribution in [0.3, 0.4) is 0 Å². The molecule has 0 aliphatic carbocycles. The zero-order valence-electron chi connectivity index (χ0n) is 23.5. The number of carbonyl (C=O) groups is 1. The number of anilines is 1. The average molecular weight is 582 g/mol. The average Bonchev–Trinajstić information content (AvgIpc) is 3.05. The smallest absolute Gasteiger partial charge is 0.264 e. The minimum absolute atomic E-state index is 0.0766. The molecule has 8 heteroatoms. The van der Waals surface area contributed by atoms with Gasteiger partial charge in [-0.05, 0) is 59.9 Å². The van der Waals surface area contributed by atoms with Crippen molar-refractivity contribution in [1.29, 1.82) is 0 Å². The molecule has 4 aromatic carbocycles. The van der Waals surface area contributed by atoms with Gasteiger partial charge in [0.05, 0.1) is 16.6 Å². The van der Waals surface area contributed by atoms with Gasteiger partial charge in [-0.3, -0.25) is 14.0 Å². The van der Waals surface area contributed by atoms with Crippen LogP contribution in [0.2, 0.25) is 0 Å². The molecule has 2 aliphatic rings. The molecule has 0 radical (unpaired) electrons. The van der Waals surface area contributed by atoms with Crippen LogP contribution in [0, 0.1) is 0 Å². The number of carbonyl (C=O) groups excluding carboxylic acids is 1. The van der Waals surface area contributed by atoms with E-state index in [1.165, 1.54) is 15.4 Å². The van der Waals surface area contributed by atoms with E-state index in [2.05, 4.69) is 53.4 Å². The van der Waals surface area contributed by atoms with Gasteiger partial charge in [0.2, 0.25) is 0 Å². The molecule has 2 aliphatic heterocycles. The van der Waals surface area contributed by atoms with E-state index >= 15 is 0 Å². The van der Waals surface area contributed by atoms with Crippen LogP contribution in [0.4, 0.5) is 5.69 Å². The summed E-state index contributed by atoms with van der Waals surface area (Å²) < 4.78 is 34.1. The predicted molar refractivity (Wildman–Crippen MR) is 164 cm³/mol. The van der Waals surface area contributed by atoms with Gasteiger partial charge in [0.25, 0.3) is 15.9 Å². The molecule has 6 rings (SSSR count). The van der Waals surface area contributed by atoms with Gasteiger partial charge >= 0.3 is 0 Å². The molecular formula is C34H35N3O4S. The van der Waals surface area contributed by atoms with Crippen molar-refractivity contribution in [2.24, 2.45) is 0 Å². The summed E-state index contributed by atoms with van der Waals surface area (Å²) in [6.45, 7) is 3.11. The Balaban J connectivity index is 1.05. The van der Waals surface area contributed by atoms with Crippen LogP contribution in [0.15, 0.2) is 114 Å². The third-order valence-electron chi connectivity index (χ3n) is 8.10. The van der Waals surface area contributed by atoms with E-state index in [9.17, 15) is 13.2 Å². The van der Waals surface area contributed by atoms with Crippen LogP contribution >= 0.6 is 0 Å². The van der Waals surface area contributed by atoms with Gasteiger partial charge in [0.1, 0.15) is 5.75 Å². The fourth-order valence-electron chi connectivity index (χ4n) is 5.93. The van der Waals surface area contributed by atoms with Crippen molar-refractivity contribution >= 4 is 21.6 Å². The number of hydrogen-bond acceptors (Lipinski definition) is 5. The fraction of sp³-hybridized carbons (Fsp3) is 0.265. The highest BCUT2D eigenvalue weighted by Crippen LogP contribution is 2.32. The van der Waals surface area contributed by atoms with Gasteiger partial charge in [-0.1, -0.05) is 78.9 Å². The van der Waals surface area contributed by atoms with Gasteiger partial charge in [0, 0.05) is 32.7 Å². The number of piperazine rings is 1. The third-order valence-corrected chi connectivity index (χ3v) is 9.93. The number of sulfonamides is 1. The molecule has 0 N–H and O–H groups in total. The Kier molecular flexibility index (Phi) is 8.26. The molecule has 0 atom stereocenters. The van der Waals surface area contributed by atoms with Crippen molar-refractivity contribution in [2.75, 3.05) is 43.6 Å². The molecule has 0 spiro atoms. The zero-order chi connectivity index (χ0) is 28.9. The van der Waals surface area contributed by atoms with Crippen LogP contribution in [0.1, 0.15) is 29.2 Å². The van der Waals surface area contributed by atoms with E-state index in [-0.39, 0.29) is 23.5 Å². The van der Waals surface area contributed by atoms with Gasteiger partial charge < -0.3 is 9.64 Å². The van der Waals surface area contributed by atoms with Crippen LogP contribution < -0.4 is 9.04 Å². The zero-order valence-corrected chi connectivity index (χ0v) is 24.3. The largest absolute Gasteiger partial charge is 0.484 e. The summed E-state index contributed by atoms with van der Waals surface area (Å²) in [4.78, 5) is 17.5. The number of hydrogen-bond donors (Lipinski definition) is 0. The van der Waals surface area contributed by atoms with E-state index in [0.29, 0.717) is 25.4 Å². The Hall–Kier alpha value is -4.14. The monoisotopic (exact) mass is 581 g/mol. The van der Waals surface area contributed by atoms with Crippen molar-refractivity contribution in [3.8, 4) is 5.75 Å². The Labute approximate surface area is 248 Å². The summed E-state index contributed by atoms with van der Waals surface area (Å²) in [5.74, 6) is 0.389. The lowest BCUT2D eigenvalue weighted by atomic mass is 9.96. The first-order valence-electron chi connectivity index (χ1n) is 14.5.